The molecular weight excluding hydrogens is 232 g/mol. The summed E-state index contributed by atoms with van der Waals surface area (Å²) < 4.78 is 10.3. The van der Waals surface area contributed by atoms with Crippen LogP contribution in [0.5, 0.6) is 0 Å². The van der Waals surface area contributed by atoms with Crippen molar-refractivity contribution in [3.63, 3.8) is 0 Å². The van der Waals surface area contributed by atoms with E-state index in [4.69, 9.17) is 14.6 Å². The lowest BCUT2D eigenvalue weighted by Gasteiger charge is -2.09. The Morgan fingerprint density at radius 3 is 2.11 bits per heavy atom. The molecule has 0 amide bonds. The van der Waals surface area contributed by atoms with Gasteiger partial charge >= 0.3 is 5.97 Å². The molecule has 4 nitrogen and oxygen atoms in total. The monoisotopic (exact) mass is 260 g/mol. The molecule has 108 valence electrons. The lowest BCUT2D eigenvalue weighted by molar-refractivity contribution is -0.148. The Morgan fingerprint density at radius 1 is 1.06 bits per heavy atom. The number of aliphatic carboxylic acids is 1. The molecule has 0 spiro atoms. The first-order valence-corrected chi connectivity index (χ1v) is 6.95. The molecule has 0 saturated carbocycles. The van der Waals surface area contributed by atoms with Crippen molar-refractivity contribution >= 4 is 5.97 Å². The number of carboxylic acid groups (broad SMARTS) is 1. The van der Waals surface area contributed by atoms with Crippen LogP contribution in [-0.4, -0.2) is 37.0 Å². The number of carbonyl (C=O) groups is 1. The van der Waals surface area contributed by atoms with Crippen molar-refractivity contribution in [3.05, 3.63) is 0 Å². The highest BCUT2D eigenvalue weighted by Gasteiger charge is 2.14. The minimum Gasteiger partial charge on any atom is -0.479 e. The highest BCUT2D eigenvalue weighted by molar-refractivity contribution is 5.72. The molecule has 1 N–H and O–H groups in total. The van der Waals surface area contributed by atoms with Crippen LogP contribution in [0.1, 0.15) is 58.8 Å². The van der Waals surface area contributed by atoms with Crippen LogP contribution in [0.2, 0.25) is 0 Å². The van der Waals surface area contributed by atoms with Gasteiger partial charge in [-0.2, -0.15) is 0 Å². The fourth-order valence-electron chi connectivity index (χ4n) is 1.80. The molecule has 0 radical (unpaired) electrons. The van der Waals surface area contributed by atoms with E-state index in [1.807, 2.05) is 0 Å². The standard InChI is InChI=1S/C14H28O4/c1-12(2)18-11-9-7-5-4-6-8-10-13(17-3)14(15)16/h12-13H,4-11H2,1-3H3,(H,15,16). The maximum Gasteiger partial charge on any atom is 0.332 e. The first-order chi connectivity index (χ1) is 8.57. The van der Waals surface area contributed by atoms with Crippen molar-refractivity contribution < 1.29 is 19.4 Å². The van der Waals surface area contributed by atoms with E-state index in [2.05, 4.69) is 13.8 Å². The van der Waals surface area contributed by atoms with Gasteiger partial charge in [0.15, 0.2) is 6.10 Å². The zero-order valence-electron chi connectivity index (χ0n) is 12.0. The first kappa shape index (κ1) is 17.4. The Balaban J connectivity index is 3.23. The van der Waals surface area contributed by atoms with Crippen LogP contribution < -0.4 is 0 Å². The van der Waals surface area contributed by atoms with Gasteiger partial charge in [0.05, 0.1) is 6.10 Å². The second-order valence-corrected chi connectivity index (χ2v) is 4.89. The Hall–Kier alpha value is -0.610. The maximum atomic E-state index is 10.7. The normalized spacial score (nSPS) is 12.9. The zero-order chi connectivity index (χ0) is 13.8. The van der Waals surface area contributed by atoms with Gasteiger partial charge < -0.3 is 14.6 Å². The molecule has 0 aliphatic rings. The third kappa shape index (κ3) is 10.5. The van der Waals surface area contributed by atoms with Gasteiger partial charge in [-0.1, -0.05) is 32.1 Å². The van der Waals surface area contributed by atoms with Crippen LogP contribution in [0, 0.1) is 0 Å². The zero-order valence-corrected chi connectivity index (χ0v) is 12.0. The summed E-state index contributed by atoms with van der Waals surface area (Å²) >= 11 is 0. The molecule has 0 aliphatic heterocycles. The van der Waals surface area contributed by atoms with Crippen LogP contribution in [0.3, 0.4) is 0 Å². The van der Waals surface area contributed by atoms with E-state index in [-0.39, 0.29) is 0 Å². The van der Waals surface area contributed by atoms with E-state index in [1.165, 1.54) is 20.0 Å². The van der Waals surface area contributed by atoms with E-state index in [0.29, 0.717) is 12.5 Å². The number of ether oxygens (including phenoxy) is 2. The van der Waals surface area contributed by atoms with Crippen LogP contribution in [-0.2, 0) is 14.3 Å². The quantitative estimate of drug-likeness (QED) is 0.547. The third-order valence-corrected chi connectivity index (χ3v) is 2.87. The molecule has 1 unspecified atom stereocenters. The number of unbranched alkanes of at least 4 members (excludes halogenated alkanes) is 5. The molecule has 0 fully saturated rings. The number of hydrogen-bond acceptors (Lipinski definition) is 3. The lowest BCUT2D eigenvalue weighted by Crippen LogP contribution is -2.21. The summed E-state index contributed by atoms with van der Waals surface area (Å²) in [7, 11) is 1.45. The van der Waals surface area contributed by atoms with Gasteiger partial charge in [-0.25, -0.2) is 4.79 Å². The van der Waals surface area contributed by atoms with Crippen molar-refractivity contribution in [2.75, 3.05) is 13.7 Å². The highest BCUT2D eigenvalue weighted by atomic mass is 16.5. The summed E-state index contributed by atoms with van der Waals surface area (Å²) in [5, 5.41) is 8.78. The molecule has 0 aliphatic carbocycles. The van der Waals surface area contributed by atoms with Gasteiger partial charge in [-0.3, -0.25) is 0 Å². The Kier molecular flexibility index (Phi) is 11.1. The average molecular weight is 260 g/mol. The molecule has 4 heteroatoms. The van der Waals surface area contributed by atoms with Crippen LogP contribution in [0.15, 0.2) is 0 Å². The summed E-state index contributed by atoms with van der Waals surface area (Å²) in [6.07, 6.45) is 6.99. The summed E-state index contributed by atoms with van der Waals surface area (Å²) in [6.45, 7) is 4.95. The molecule has 18 heavy (non-hydrogen) atoms. The van der Waals surface area contributed by atoms with E-state index in [0.717, 1.165) is 32.3 Å². The smallest absolute Gasteiger partial charge is 0.332 e. The topological polar surface area (TPSA) is 55.8 Å². The number of carboxylic acids is 1. The third-order valence-electron chi connectivity index (χ3n) is 2.87. The molecule has 0 aromatic heterocycles. The van der Waals surface area contributed by atoms with Crippen molar-refractivity contribution in [2.24, 2.45) is 0 Å². The predicted octanol–water partition coefficient (Wildman–Crippen LogP) is 3.24. The summed E-state index contributed by atoms with van der Waals surface area (Å²) in [4.78, 5) is 10.7. The largest absolute Gasteiger partial charge is 0.479 e. The summed E-state index contributed by atoms with van der Waals surface area (Å²) in [5.41, 5.74) is 0. The number of rotatable bonds is 12. The second kappa shape index (κ2) is 11.5. The van der Waals surface area contributed by atoms with E-state index >= 15 is 0 Å². The molecule has 0 bridgehead atoms. The minimum atomic E-state index is -0.858. The predicted molar refractivity (Wildman–Crippen MR) is 71.8 cm³/mol. The lowest BCUT2D eigenvalue weighted by atomic mass is 10.1. The van der Waals surface area contributed by atoms with Gasteiger partial charge in [0.25, 0.3) is 0 Å². The SMILES string of the molecule is COC(CCCCCCCCOC(C)C)C(=O)O. The van der Waals surface area contributed by atoms with Gasteiger partial charge in [0.2, 0.25) is 0 Å². The second-order valence-electron chi connectivity index (χ2n) is 4.89. The minimum absolute atomic E-state index is 0.326. The van der Waals surface area contributed by atoms with Gasteiger partial charge in [-0.05, 0) is 26.7 Å². The Bertz CT molecular complexity index is 204. The van der Waals surface area contributed by atoms with Gasteiger partial charge in [0, 0.05) is 13.7 Å². The highest BCUT2D eigenvalue weighted by Crippen LogP contribution is 2.10. The van der Waals surface area contributed by atoms with Crippen molar-refractivity contribution in [2.45, 2.75) is 71.0 Å². The first-order valence-electron chi connectivity index (χ1n) is 6.95. The molecule has 0 rings (SSSR count). The molecule has 0 saturated heterocycles. The average Bonchev–Trinajstić information content (AvgIpc) is 2.31. The maximum absolute atomic E-state index is 10.7. The molecule has 0 aromatic carbocycles. The van der Waals surface area contributed by atoms with Crippen molar-refractivity contribution in [3.8, 4) is 0 Å². The number of hydrogen-bond donors (Lipinski definition) is 1. The van der Waals surface area contributed by atoms with Crippen LogP contribution >= 0.6 is 0 Å². The van der Waals surface area contributed by atoms with Gasteiger partial charge in [-0.15, -0.1) is 0 Å². The Morgan fingerprint density at radius 2 is 1.61 bits per heavy atom. The van der Waals surface area contributed by atoms with Gasteiger partial charge in [0.1, 0.15) is 0 Å². The number of methoxy groups -OCH3 is 1. The summed E-state index contributed by atoms with van der Waals surface area (Å²) in [6, 6.07) is 0. The summed E-state index contributed by atoms with van der Waals surface area (Å²) in [5.74, 6) is -0.858. The Labute approximate surface area is 111 Å². The van der Waals surface area contributed by atoms with Crippen LogP contribution in [0.4, 0.5) is 0 Å². The van der Waals surface area contributed by atoms with Crippen molar-refractivity contribution in [1.82, 2.24) is 0 Å². The van der Waals surface area contributed by atoms with Crippen molar-refractivity contribution in [1.29, 1.82) is 0 Å². The molecule has 0 aromatic rings. The molecular formula is C14H28O4. The molecule has 0 heterocycles. The van der Waals surface area contributed by atoms with E-state index in [9.17, 15) is 4.79 Å². The van der Waals surface area contributed by atoms with E-state index < -0.39 is 12.1 Å². The fourth-order valence-corrected chi connectivity index (χ4v) is 1.80. The van der Waals surface area contributed by atoms with E-state index in [1.54, 1.807) is 0 Å². The van der Waals surface area contributed by atoms with Crippen LogP contribution in [0.25, 0.3) is 0 Å². The molecule has 1 atom stereocenters. The fraction of sp³-hybridized carbons (Fsp3) is 0.929.